The minimum atomic E-state index is -3.53. The van der Waals surface area contributed by atoms with Gasteiger partial charge in [0.2, 0.25) is 10.0 Å². The maximum absolute atomic E-state index is 12.9. The van der Waals surface area contributed by atoms with Crippen molar-refractivity contribution in [1.82, 2.24) is 4.31 Å². The summed E-state index contributed by atoms with van der Waals surface area (Å²) in [5.74, 6) is -0.245. The van der Waals surface area contributed by atoms with Crippen LogP contribution in [0.2, 0.25) is 0 Å². The second kappa shape index (κ2) is 8.05. The van der Waals surface area contributed by atoms with E-state index in [-0.39, 0.29) is 16.8 Å². The Bertz CT molecular complexity index is 958. The number of carbonyl (C=O) groups excluding carboxylic acids is 1. The SMILES string of the molecule is Cc1cc(C)c(NC(=O)c2ccc(S(=O)(=O)N3CCCCC3C)cc2)c(C)c1. The predicted molar refractivity (Wildman–Crippen MR) is 112 cm³/mol. The molecule has 5 nitrogen and oxygen atoms in total. The average molecular weight is 401 g/mol. The monoisotopic (exact) mass is 400 g/mol. The molecule has 0 radical (unpaired) electrons. The summed E-state index contributed by atoms with van der Waals surface area (Å²) >= 11 is 0. The molecule has 1 heterocycles. The second-order valence-corrected chi connectivity index (χ2v) is 9.60. The minimum Gasteiger partial charge on any atom is -0.322 e. The van der Waals surface area contributed by atoms with Gasteiger partial charge in [0.1, 0.15) is 0 Å². The van der Waals surface area contributed by atoms with Crippen molar-refractivity contribution in [2.75, 3.05) is 11.9 Å². The average Bonchev–Trinajstić information content (AvgIpc) is 2.64. The first-order valence-corrected chi connectivity index (χ1v) is 11.2. The molecule has 3 rings (SSSR count). The summed E-state index contributed by atoms with van der Waals surface area (Å²) in [5.41, 5.74) is 4.39. The Morgan fingerprint density at radius 3 is 2.21 bits per heavy atom. The lowest BCUT2D eigenvalue weighted by Crippen LogP contribution is -2.41. The summed E-state index contributed by atoms with van der Waals surface area (Å²) < 4.78 is 27.4. The van der Waals surface area contributed by atoms with E-state index in [4.69, 9.17) is 0 Å². The Labute approximate surface area is 167 Å². The molecule has 28 heavy (non-hydrogen) atoms. The number of carbonyl (C=O) groups is 1. The van der Waals surface area contributed by atoms with Gasteiger partial charge < -0.3 is 5.32 Å². The van der Waals surface area contributed by atoms with Crippen LogP contribution in [0.3, 0.4) is 0 Å². The van der Waals surface area contributed by atoms with E-state index in [0.29, 0.717) is 12.1 Å². The van der Waals surface area contributed by atoms with E-state index in [1.165, 1.54) is 12.1 Å². The van der Waals surface area contributed by atoms with Crippen molar-refractivity contribution in [2.45, 2.75) is 57.9 Å². The summed E-state index contributed by atoms with van der Waals surface area (Å²) in [7, 11) is -3.53. The van der Waals surface area contributed by atoms with Crippen molar-refractivity contribution in [3.05, 3.63) is 58.7 Å². The first-order chi connectivity index (χ1) is 13.2. The van der Waals surface area contributed by atoms with Crippen LogP contribution in [0.5, 0.6) is 0 Å². The van der Waals surface area contributed by atoms with Crippen LogP contribution in [0.25, 0.3) is 0 Å². The lowest BCUT2D eigenvalue weighted by molar-refractivity contribution is 0.102. The van der Waals surface area contributed by atoms with Gasteiger partial charge in [-0.15, -0.1) is 0 Å². The fraction of sp³-hybridized carbons (Fsp3) is 0.409. The zero-order chi connectivity index (χ0) is 20.5. The number of nitrogens with one attached hydrogen (secondary N) is 1. The van der Waals surface area contributed by atoms with E-state index in [0.717, 1.165) is 41.6 Å². The highest BCUT2D eigenvalue weighted by atomic mass is 32.2. The number of nitrogens with zero attached hydrogens (tertiary/aromatic N) is 1. The molecule has 0 aliphatic carbocycles. The van der Waals surface area contributed by atoms with E-state index < -0.39 is 10.0 Å². The van der Waals surface area contributed by atoms with E-state index in [9.17, 15) is 13.2 Å². The van der Waals surface area contributed by atoms with Gasteiger partial charge in [0.05, 0.1) is 4.90 Å². The van der Waals surface area contributed by atoms with Crippen LogP contribution in [0.1, 0.15) is 53.2 Å². The zero-order valence-corrected chi connectivity index (χ0v) is 17.8. The molecule has 6 heteroatoms. The van der Waals surface area contributed by atoms with Crippen molar-refractivity contribution < 1.29 is 13.2 Å². The molecule has 2 aromatic carbocycles. The van der Waals surface area contributed by atoms with Gasteiger partial charge in [0.25, 0.3) is 5.91 Å². The lowest BCUT2D eigenvalue weighted by Gasteiger charge is -2.32. The van der Waals surface area contributed by atoms with E-state index in [2.05, 4.69) is 5.32 Å². The standard InChI is InChI=1S/C22H28N2O3S/c1-15-13-16(2)21(17(3)14-15)23-22(25)19-8-10-20(11-9-19)28(26,27)24-12-6-5-7-18(24)4/h8-11,13-14,18H,5-7,12H2,1-4H3,(H,23,25). The molecule has 0 bridgehead atoms. The van der Waals surface area contributed by atoms with Gasteiger partial charge in [-0.2, -0.15) is 4.31 Å². The molecule has 0 aromatic heterocycles. The van der Waals surface area contributed by atoms with Gasteiger partial charge in [-0.05, 0) is 75.9 Å². The highest BCUT2D eigenvalue weighted by Crippen LogP contribution is 2.26. The van der Waals surface area contributed by atoms with Gasteiger partial charge in [-0.1, -0.05) is 24.1 Å². The van der Waals surface area contributed by atoms with Crippen molar-refractivity contribution in [3.63, 3.8) is 0 Å². The number of hydrogen-bond donors (Lipinski definition) is 1. The van der Waals surface area contributed by atoms with Crippen LogP contribution in [-0.4, -0.2) is 31.2 Å². The third-order valence-electron chi connectivity index (χ3n) is 5.38. The van der Waals surface area contributed by atoms with Gasteiger partial charge >= 0.3 is 0 Å². The topological polar surface area (TPSA) is 66.5 Å². The van der Waals surface area contributed by atoms with Crippen LogP contribution in [-0.2, 0) is 10.0 Å². The molecule has 0 saturated carbocycles. The van der Waals surface area contributed by atoms with Crippen molar-refractivity contribution >= 4 is 21.6 Å². The molecule has 1 fully saturated rings. The molecule has 1 aliphatic rings. The molecule has 1 atom stereocenters. The minimum absolute atomic E-state index is 0.00853. The fourth-order valence-electron chi connectivity index (χ4n) is 3.91. The summed E-state index contributed by atoms with van der Waals surface area (Å²) in [6.07, 6.45) is 2.83. The molecule has 1 saturated heterocycles. The number of benzene rings is 2. The quantitative estimate of drug-likeness (QED) is 0.826. The number of piperidine rings is 1. The molecule has 1 unspecified atom stereocenters. The second-order valence-electron chi connectivity index (χ2n) is 7.71. The number of anilines is 1. The molecular weight excluding hydrogens is 372 g/mol. The number of sulfonamides is 1. The summed E-state index contributed by atoms with van der Waals surface area (Å²) in [6, 6.07) is 10.3. The molecular formula is C22H28N2O3S. The van der Waals surface area contributed by atoms with E-state index in [1.807, 2.05) is 39.8 Å². The zero-order valence-electron chi connectivity index (χ0n) is 17.0. The smallest absolute Gasteiger partial charge is 0.255 e. The highest BCUT2D eigenvalue weighted by Gasteiger charge is 2.30. The summed E-state index contributed by atoms with van der Waals surface area (Å²) in [4.78, 5) is 12.9. The molecule has 1 amide bonds. The fourth-order valence-corrected chi connectivity index (χ4v) is 5.60. The number of aryl methyl sites for hydroxylation is 3. The first kappa shape index (κ1) is 20.6. The maximum Gasteiger partial charge on any atom is 0.255 e. The van der Waals surface area contributed by atoms with Crippen LogP contribution in [0.4, 0.5) is 5.69 Å². The summed E-state index contributed by atoms with van der Waals surface area (Å²) in [5, 5.41) is 2.95. The molecule has 1 aliphatic heterocycles. The lowest BCUT2D eigenvalue weighted by atomic mass is 10.0. The van der Waals surface area contributed by atoms with Gasteiger partial charge in [0, 0.05) is 23.8 Å². The Morgan fingerprint density at radius 1 is 1.04 bits per heavy atom. The third kappa shape index (κ3) is 4.13. The van der Waals surface area contributed by atoms with E-state index in [1.54, 1.807) is 16.4 Å². The van der Waals surface area contributed by atoms with Gasteiger partial charge in [-0.3, -0.25) is 4.79 Å². The Balaban J connectivity index is 1.80. The Kier molecular flexibility index (Phi) is 5.91. The maximum atomic E-state index is 12.9. The normalized spacial score (nSPS) is 18.1. The largest absolute Gasteiger partial charge is 0.322 e. The van der Waals surface area contributed by atoms with Crippen LogP contribution in [0.15, 0.2) is 41.3 Å². The van der Waals surface area contributed by atoms with E-state index >= 15 is 0 Å². The predicted octanol–water partition coefficient (Wildman–Crippen LogP) is 4.43. The van der Waals surface area contributed by atoms with Crippen molar-refractivity contribution in [1.29, 1.82) is 0 Å². The number of amides is 1. The summed E-state index contributed by atoms with van der Waals surface area (Å²) in [6.45, 7) is 8.45. The van der Waals surface area contributed by atoms with Crippen molar-refractivity contribution in [2.24, 2.45) is 0 Å². The molecule has 0 spiro atoms. The highest BCUT2D eigenvalue weighted by molar-refractivity contribution is 7.89. The van der Waals surface area contributed by atoms with Gasteiger partial charge in [0.15, 0.2) is 0 Å². The van der Waals surface area contributed by atoms with Crippen LogP contribution >= 0.6 is 0 Å². The van der Waals surface area contributed by atoms with Crippen molar-refractivity contribution in [3.8, 4) is 0 Å². The van der Waals surface area contributed by atoms with Crippen LogP contribution < -0.4 is 5.32 Å². The number of hydrogen-bond acceptors (Lipinski definition) is 3. The van der Waals surface area contributed by atoms with Crippen LogP contribution in [0, 0.1) is 20.8 Å². The third-order valence-corrected chi connectivity index (χ3v) is 7.41. The number of rotatable bonds is 4. The van der Waals surface area contributed by atoms with Gasteiger partial charge in [-0.25, -0.2) is 8.42 Å². The molecule has 1 N–H and O–H groups in total. The Hall–Kier alpha value is -2.18. The Morgan fingerprint density at radius 2 is 1.64 bits per heavy atom. The first-order valence-electron chi connectivity index (χ1n) is 9.71. The molecule has 150 valence electrons. The molecule has 2 aromatic rings.